The Morgan fingerprint density at radius 2 is 2.39 bits per heavy atom. The number of thioether (sulfide) groups is 1. The van der Waals surface area contributed by atoms with Gasteiger partial charge in [-0.15, -0.1) is 11.8 Å². The van der Waals surface area contributed by atoms with Crippen LogP contribution in [-0.4, -0.2) is 11.3 Å². The van der Waals surface area contributed by atoms with Gasteiger partial charge < -0.3 is 5.73 Å². The Balaban J connectivity index is 1.84. The highest BCUT2D eigenvalue weighted by Gasteiger charge is 2.39. The predicted octanol–water partition coefficient (Wildman–Crippen LogP) is 3.95. The van der Waals surface area contributed by atoms with Gasteiger partial charge in [0.2, 0.25) is 0 Å². The second-order valence-corrected chi connectivity index (χ2v) is 6.92. The summed E-state index contributed by atoms with van der Waals surface area (Å²) in [6, 6.07) is 10.6. The smallest absolute Gasteiger partial charge is 0.107 e. The van der Waals surface area contributed by atoms with Crippen molar-refractivity contribution in [3.05, 3.63) is 28.7 Å². The summed E-state index contributed by atoms with van der Waals surface area (Å²) in [5, 5.41) is 9.16. The van der Waals surface area contributed by atoms with Crippen molar-refractivity contribution in [3.8, 4) is 6.07 Å². The molecule has 1 aromatic carbocycles. The summed E-state index contributed by atoms with van der Waals surface area (Å²) in [6.45, 7) is 0. The summed E-state index contributed by atoms with van der Waals surface area (Å²) in [5.41, 5.74) is 5.56. The topological polar surface area (TPSA) is 49.8 Å². The molecule has 2 nitrogen and oxygen atoms in total. The van der Waals surface area contributed by atoms with E-state index in [9.17, 15) is 0 Å². The molecule has 2 N–H and O–H groups in total. The van der Waals surface area contributed by atoms with Gasteiger partial charge in [-0.2, -0.15) is 5.26 Å². The highest BCUT2D eigenvalue weighted by atomic mass is 79.9. The van der Waals surface area contributed by atoms with Crippen molar-refractivity contribution < 1.29 is 0 Å². The lowest BCUT2D eigenvalue weighted by atomic mass is 9.88. The van der Waals surface area contributed by atoms with E-state index in [1.807, 2.05) is 23.9 Å². The van der Waals surface area contributed by atoms with Gasteiger partial charge in [0.05, 0.1) is 6.07 Å². The second-order valence-electron chi connectivity index (χ2n) is 4.84. The van der Waals surface area contributed by atoms with Gasteiger partial charge in [-0.3, -0.25) is 0 Å². The summed E-state index contributed by atoms with van der Waals surface area (Å²) in [6.07, 6.45) is 4.08. The maximum atomic E-state index is 9.16. The monoisotopic (exact) mass is 324 g/mol. The number of rotatable bonds is 4. The first kappa shape index (κ1) is 13.9. The summed E-state index contributed by atoms with van der Waals surface area (Å²) in [4.78, 5) is 1.27. The SMILES string of the molecule is N#CC1(N)CCCC1CCSc1cccc(Br)c1. The average molecular weight is 325 g/mol. The lowest BCUT2D eigenvalue weighted by Crippen LogP contribution is -2.41. The van der Waals surface area contributed by atoms with E-state index in [1.54, 1.807) is 0 Å². The molecule has 2 rings (SSSR count). The maximum absolute atomic E-state index is 9.16. The molecule has 18 heavy (non-hydrogen) atoms. The molecule has 0 aromatic heterocycles. The van der Waals surface area contributed by atoms with Crippen molar-refractivity contribution in [1.29, 1.82) is 5.26 Å². The van der Waals surface area contributed by atoms with E-state index in [-0.39, 0.29) is 0 Å². The fourth-order valence-electron chi connectivity index (χ4n) is 2.53. The molecule has 2 atom stereocenters. The van der Waals surface area contributed by atoms with Crippen molar-refractivity contribution in [2.75, 3.05) is 5.75 Å². The lowest BCUT2D eigenvalue weighted by Gasteiger charge is -2.23. The molecule has 0 amide bonds. The Morgan fingerprint density at radius 1 is 1.56 bits per heavy atom. The third-order valence-electron chi connectivity index (χ3n) is 3.61. The normalized spacial score (nSPS) is 27.1. The molecule has 2 unspecified atom stereocenters. The first-order valence-electron chi connectivity index (χ1n) is 6.22. The van der Waals surface area contributed by atoms with E-state index in [1.165, 1.54) is 4.90 Å². The molecule has 1 saturated carbocycles. The fraction of sp³-hybridized carbons (Fsp3) is 0.500. The molecule has 1 aliphatic carbocycles. The van der Waals surface area contributed by atoms with Crippen molar-refractivity contribution in [2.45, 2.75) is 36.1 Å². The molecule has 96 valence electrons. The fourth-order valence-corrected chi connectivity index (χ4v) is 4.10. The Morgan fingerprint density at radius 3 is 3.11 bits per heavy atom. The van der Waals surface area contributed by atoms with Gasteiger partial charge >= 0.3 is 0 Å². The van der Waals surface area contributed by atoms with E-state index in [0.29, 0.717) is 5.92 Å². The van der Waals surface area contributed by atoms with Gasteiger partial charge in [0, 0.05) is 9.37 Å². The van der Waals surface area contributed by atoms with Crippen LogP contribution in [-0.2, 0) is 0 Å². The number of benzene rings is 1. The summed E-state index contributed by atoms with van der Waals surface area (Å²) in [5.74, 6) is 1.39. The van der Waals surface area contributed by atoms with E-state index >= 15 is 0 Å². The molecular weight excluding hydrogens is 308 g/mol. The minimum absolute atomic E-state index is 0.363. The van der Waals surface area contributed by atoms with Crippen LogP contribution in [0.4, 0.5) is 0 Å². The van der Waals surface area contributed by atoms with E-state index in [2.05, 4.69) is 34.1 Å². The van der Waals surface area contributed by atoms with Crippen LogP contribution in [0.2, 0.25) is 0 Å². The zero-order valence-corrected chi connectivity index (χ0v) is 12.6. The Labute approximate surface area is 121 Å². The maximum Gasteiger partial charge on any atom is 0.107 e. The predicted molar refractivity (Wildman–Crippen MR) is 79.4 cm³/mol. The minimum Gasteiger partial charge on any atom is -0.313 e. The highest BCUT2D eigenvalue weighted by molar-refractivity contribution is 9.10. The molecule has 0 saturated heterocycles. The van der Waals surface area contributed by atoms with Crippen LogP contribution in [0.5, 0.6) is 0 Å². The third-order valence-corrected chi connectivity index (χ3v) is 5.13. The van der Waals surface area contributed by atoms with Crippen molar-refractivity contribution in [3.63, 3.8) is 0 Å². The molecule has 0 aliphatic heterocycles. The van der Waals surface area contributed by atoms with Crippen molar-refractivity contribution in [1.82, 2.24) is 0 Å². The standard InChI is InChI=1S/C14H17BrN2S/c15-12-4-1-5-13(9-12)18-8-6-11-3-2-7-14(11,17)10-16/h1,4-5,9,11H,2-3,6-8,17H2. The van der Waals surface area contributed by atoms with E-state index in [4.69, 9.17) is 11.0 Å². The molecule has 0 heterocycles. The van der Waals surface area contributed by atoms with E-state index < -0.39 is 5.54 Å². The molecule has 0 bridgehead atoms. The average Bonchev–Trinajstić information content (AvgIpc) is 2.72. The summed E-state index contributed by atoms with van der Waals surface area (Å²) >= 11 is 5.31. The molecule has 1 fully saturated rings. The van der Waals surface area contributed by atoms with Gasteiger partial charge in [0.25, 0.3) is 0 Å². The van der Waals surface area contributed by atoms with Crippen LogP contribution in [0.25, 0.3) is 0 Å². The van der Waals surface area contributed by atoms with Gasteiger partial charge in [-0.25, -0.2) is 0 Å². The van der Waals surface area contributed by atoms with Crippen LogP contribution in [0.15, 0.2) is 33.6 Å². The zero-order chi connectivity index (χ0) is 13.0. The first-order chi connectivity index (χ1) is 8.64. The van der Waals surface area contributed by atoms with Crippen molar-refractivity contribution >= 4 is 27.7 Å². The number of nitrogens with zero attached hydrogens (tertiary/aromatic N) is 1. The summed E-state index contributed by atoms with van der Waals surface area (Å²) in [7, 11) is 0. The Hall–Kier alpha value is -0.500. The van der Waals surface area contributed by atoms with Crippen LogP contribution in [0, 0.1) is 17.2 Å². The van der Waals surface area contributed by atoms with Gasteiger partial charge in [-0.1, -0.05) is 28.4 Å². The molecule has 4 heteroatoms. The number of hydrogen-bond acceptors (Lipinski definition) is 3. The van der Waals surface area contributed by atoms with Crippen LogP contribution >= 0.6 is 27.7 Å². The van der Waals surface area contributed by atoms with Crippen LogP contribution < -0.4 is 5.73 Å². The number of nitrogens with two attached hydrogens (primary N) is 1. The molecule has 1 aliphatic rings. The van der Waals surface area contributed by atoms with Gasteiger partial charge in [0.15, 0.2) is 0 Å². The van der Waals surface area contributed by atoms with Crippen molar-refractivity contribution in [2.24, 2.45) is 11.7 Å². The van der Waals surface area contributed by atoms with Crippen LogP contribution in [0.1, 0.15) is 25.7 Å². The number of hydrogen-bond donors (Lipinski definition) is 1. The zero-order valence-electron chi connectivity index (χ0n) is 10.2. The van der Waals surface area contributed by atoms with Gasteiger partial charge in [0.1, 0.15) is 5.54 Å². The van der Waals surface area contributed by atoms with E-state index in [0.717, 1.165) is 35.9 Å². The second kappa shape index (κ2) is 6.10. The molecule has 1 aromatic rings. The first-order valence-corrected chi connectivity index (χ1v) is 8.00. The van der Waals surface area contributed by atoms with Crippen LogP contribution in [0.3, 0.4) is 0 Å². The Bertz CT molecular complexity index is 457. The number of nitriles is 1. The molecule has 0 radical (unpaired) electrons. The minimum atomic E-state index is -0.572. The molecule has 0 spiro atoms. The van der Waals surface area contributed by atoms with Gasteiger partial charge in [-0.05, 0) is 49.1 Å². The third kappa shape index (κ3) is 3.28. The number of halogens is 1. The quantitative estimate of drug-likeness (QED) is 0.853. The lowest BCUT2D eigenvalue weighted by molar-refractivity contribution is 0.389. The largest absolute Gasteiger partial charge is 0.313 e. The highest BCUT2D eigenvalue weighted by Crippen LogP contribution is 2.37. The summed E-state index contributed by atoms with van der Waals surface area (Å²) < 4.78 is 1.11. The Kier molecular flexibility index (Phi) is 4.71. The molecular formula is C14H17BrN2S.